The van der Waals surface area contributed by atoms with Gasteiger partial charge in [0.15, 0.2) is 0 Å². The van der Waals surface area contributed by atoms with E-state index in [9.17, 15) is 0 Å². The molecule has 1 aromatic carbocycles. The van der Waals surface area contributed by atoms with Crippen molar-refractivity contribution in [3.63, 3.8) is 0 Å². The molecule has 20 heavy (non-hydrogen) atoms. The van der Waals surface area contributed by atoms with E-state index in [2.05, 4.69) is 76.2 Å². The molecule has 0 fully saturated rings. The lowest BCUT2D eigenvalue weighted by Crippen LogP contribution is -2.35. The molecule has 0 saturated carbocycles. The largest absolute Gasteiger partial charge is 0.314 e. The normalized spacial score (nSPS) is 11.5. The highest BCUT2D eigenvalue weighted by molar-refractivity contribution is 9.10. The summed E-state index contributed by atoms with van der Waals surface area (Å²) in [5, 5.41) is 3.52. The molecule has 0 spiro atoms. The summed E-state index contributed by atoms with van der Waals surface area (Å²) in [5.74, 6) is 0. The van der Waals surface area contributed by atoms with E-state index in [1.807, 2.05) is 0 Å². The molecule has 114 valence electrons. The fraction of sp³-hybridized carbons (Fsp3) is 0.625. The first-order chi connectivity index (χ1) is 9.65. The molecule has 0 heterocycles. The van der Waals surface area contributed by atoms with Crippen molar-refractivity contribution in [2.75, 3.05) is 46.3 Å². The Bertz CT molecular complexity index is 349. The van der Waals surface area contributed by atoms with Crippen LogP contribution in [0.3, 0.4) is 0 Å². The number of benzene rings is 1. The van der Waals surface area contributed by atoms with Gasteiger partial charge in [0.1, 0.15) is 0 Å². The summed E-state index contributed by atoms with van der Waals surface area (Å²) in [4.78, 5) is 4.80. The third-order valence-corrected chi connectivity index (χ3v) is 4.06. The van der Waals surface area contributed by atoms with Gasteiger partial charge < -0.3 is 15.1 Å². The number of rotatable bonds is 10. The zero-order chi connectivity index (χ0) is 14.8. The lowest BCUT2D eigenvalue weighted by Gasteiger charge is -2.20. The molecule has 0 aromatic heterocycles. The quantitative estimate of drug-likeness (QED) is 0.660. The topological polar surface area (TPSA) is 18.5 Å². The average molecular weight is 342 g/mol. The van der Waals surface area contributed by atoms with Gasteiger partial charge in [-0.15, -0.1) is 0 Å². The summed E-state index contributed by atoms with van der Waals surface area (Å²) in [7, 11) is 2.17. The Balaban J connectivity index is 2.11. The van der Waals surface area contributed by atoms with Crippen LogP contribution in [0.25, 0.3) is 0 Å². The minimum absolute atomic E-state index is 1.00. The highest BCUT2D eigenvalue weighted by atomic mass is 79.9. The number of halogens is 1. The van der Waals surface area contributed by atoms with E-state index in [4.69, 9.17) is 0 Å². The molecule has 3 nitrogen and oxygen atoms in total. The maximum absolute atomic E-state index is 3.52. The molecule has 0 amide bonds. The molecule has 1 aromatic rings. The van der Waals surface area contributed by atoms with Gasteiger partial charge in [0, 0.05) is 37.2 Å². The molecule has 0 radical (unpaired) electrons. The SMILES string of the molecule is CCN(CC)CCNCCN(C)Cc1ccc(Br)cc1. The van der Waals surface area contributed by atoms with Gasteiger partial charge in [0.2, 0.25) is 0 Å². The van der Waals surface area contributed by atoms with Crippen molar-refractivity contribution in [1.82, 2.24) is 15.1 Å². The summed E-state index contributed by atoms with van der Waals surface area (Å²) in [6.07, 6.45) is 0. The monoisotopic (exact) mass is 341 g/mol. The summed E-state index contributed by atoms with van der Waals surface area (Å²) >= 11 is 3.47. The van der Waals surface area contributed by atoms with Gasteiger partial charge in [-0.1, -0.05) is 41.9 Å². The highest BCUT2D eigenvalue weighted by Gasteiger charge is 2.01. The molecule has 1 N–H and O–H groups in total. The predicted octanol–water partition coefficient (Wildman–Crippen LogP) is 2.81. The molecule has 0 aliphatic carbocycles. The fourth-order valence-corrected chi connectivity index (χ4v) is 2.42. The lowest BCUT2D eigenvalue weighted by molar-refractivity contribution is 0.291. The maximum atomic E-state index is 3.52. The molecule has 0 aliphatic rings. The number of hydrogen-bond donors (Lipinski definition) is 1. The van der Waals surface area contributed by atoms with Crippen molar-refractivity contribution >= 4 is 15.9 Å². The van der Waals surface area contributed by atoms with Crippen LogP contribution in [-0.4, -0.2) is 56.1 Å². The molecular formula is C16H28BrN3. The van der Waals surface area contributed by atoms with Crippen molar-refractivity contribution in [3.05, 3.63) is 34.3 Å². The fourth-order valence-electron chi connectivity index (χ4n) is 2.15. The number of likely N-dealkylation sites (N-methyl/N-ethyl adjacent to an activating group) is 2. The van der Waals surface area contributed by atoms with Crippen LogP contribution in [0.5, 0.6) is 0 Å². The molecule has 0 unspecified atom stereocenters. The van der Waals surface area contributed by atoms with E-state index in [0.29, 0.717) is 0 Å². The molecule has 0 saturated heterocycles. The van der Waals surface area contributed by atoms with E-state index in [0.717, 1.165) is 50.3 Å². The van der Waals surface area contributed by atoms with E-state index in [-0.39, 0.29) is 0 Å². The Hall–Kier alpha value is -0.420. The Morgan fingerprint density at radius 3 is 2.20 bits per heavy atom. The zero-order valence-electron chi connectivity index (χ0n) is 13.0. The first kappa shape index (κ1) is 17.6. The standard InChI is InChI=1S/C16H28BrN3/c1-4-20(5-2)13-11-18-10-12-19(3)14-15-6-8-16(17)9-7-15/h6-9,18H,4-5,10-14H2,1-3H3. The van der Waals surface area contributed by atoms with Crippen molar-refractivity contribution < 1.29 is 0 Å². The first-order valence-corrected chi connectivity index (χ1v) is 8.31. The van der Waals surface area contributed by atoms with E-state index in [1.54, 1.807) is 0 Å². The second-order valence-corrected chi connectivity index (χ2v) is 6.06. The Morgan fingerprint density at radius 2 is 1.60 bits per heavy atom. The van der Waals surface area contributed by atoms with Gasteiger partial charge in [0.05, 0.1) is 0 Å². The summed E-state index contributed by atoms with van der Waals surface area (Å²) in [6, 6.07) is 8.56. The van der Waals surface area contributed by atoms with Crippen molar-refractivity contribution in [1.29, 1.82) is 0 Å². The third kappa shape index (κ3) is 7.39. The number of nitrogens with one attached hydrogen (secondary N) is 1. The Morgan fingerprint density at radius 1 is 1.00 bits per heavy atom. The van der Waals surface area contributed by atoms with Crippen LogP contribution in [-0.2, 0) is 6.54 Å². The molecule has 0 atom stereocenters. The van der Waals surface area contributed by atoms with Crippen LogP contribution in [0, 0.1) is 0 Å². The predicted molar refractivity (Wildman–Crippen MR) is 91.1 cm³/mol. The van der Waals surface area contributed by atoms with Gasteiger partial charge >= 0.3 is 0 Å². The van der Waals surface area contributed by atoms with Gasteiger partial charge in [-0.05, 0) is 37.8 Å². The van der Waals surface area contributed by atoms with Crippen LogP contribution in [0.4, 0.5) is 0 Å². The van der Waals surface area contributed by atoms with Crippen LogP contribution in [0.2, 0.25) is 0 Å². The van der Waals surface area contributed by atoms with Gasteiger partial charge in [-0.3, -0.25) is 0 Å². The van der Waals surface area contributed by atoms with Crippen molar-refractivity contribution in [3.8, 4) is 0 Å². The van der Waals surface area contributed by atoms with E-state index < -0.39 is 0 Å². The zero-order valence-corrected chi connectivity index (χ0v) is 14.6. The maximum Gasteiger partial charge on any atom is 0.0231 e. The van der Waals surface area contributed by atoms with Gasteiger partial charge in [-0.2, -0.15) is 0 Å². The summed E-state index contributed by atoms with van der Waals surface area (Å²) < 4.78 is 1.14. The number of hydrogen-bond acceptors (Lipinski definition) is 3. The Kier molecular flexibility index (Phi) is 9.10. The minimum atomic E-state index is 1.00. The van der Waals surface area contributed by atoms with E-state index >= 15 is 0 Å². The first-order valence-electron chi connectivity index (χ1n) is 7.51. The van der Waals surface area contributed by atoms with Crippen molar-refractivity contribution in [2.24, 2.45) is 0 Å². The summed E-state index contributed by atoms with van der Waals surface area (Å²) in [5.41, 5.74) is 1.36. The second-order valence-electron chi connectivity index (χ2n) is 5.14. The van der Waals surface area contributed by atoms with E-state index in [1.165, 1.54) is 5.56 Å². The summed E-state index contributed by atoms with van der Waals surface area (Å²) in [6.45, 7) is 12.1. The molecule has 0 aliphatic heterocycles. The Labute approximate surface area is 132 Å². The van der Waals surface area contributed by atoms with Crippen molar-refractivity contribution in [2.45, 2.75) is 20.4 Å². The highest BCUT2D eigenvalue weighted by Crippen LogP contribution is 2.11. The average Bonchev–Trinajstić information content (AvgIpc) is 2.45. The van der Waals surface area contributed by atoms with Gasteiger partial charge in [0.25, 0.3) is 0 Å². The smallest absolute Gasteiger partial charge is 0.0231 e. The third-order valence-electron chi connectivity index (χ3n) is 3.54. The van der Waals surface area contributed by atoms with Gasteiger partial charge in [-0.25, -0.2) is 0 Å². The number of nitrogens with zero attached hydrogens (tertiary/aromatic N) is 2. The molecular weight excluding hydrogens is 314 g/mol. The van der Waals surface area contributed by atoms with Crippen LogP contribution in [0.15, 0.2) is 28.7 Å². The van der Waals surface area contributed by atoms with Crippen LogP contribution >= 0.6 is 15.9 Å². The van der Waals surface area contributed by atoms with Crippen LogP contribution < -0.4 is 5.32 Å². The second kappa shape index (κ2) is 10.3. The molecule has 0 bridgehead atoms. The lowest BCUT2D eigenvalue weighted by atomic mass is 10.2. The molecule has 1 rings (SSSR count). The molecule has 4 heteroatoms. The minimum Gasteiger partial charge on any atom is -0.314 e. The van der Waals surface area contributed by atoms with Crippen LogP contribution in [0.1, 0.15) is 19.4 Å².